The van der Waals surface area contributed by atoms with Crippen molar-refractivity contribution in [2.24, 2.45) is 5.73 Å². The molecule has 1 heterocycles. The molecule has 9 heteroatoms. The molecule has 3 atom stereocenters. The van der Waals surface area contributed by atoms with Crippen LogP contribution in [0.2, 0.25) is 0 Å². The second kappa shape index (κ2) is 12.6. The molecule has 198 valence electrons. The van der Waals surface area contributed by atoms with Crippen LogP contribution in [0.1, 0.15) is 48.3 Å². The number of nitrogens with zero attached hydrogens (tertiary/aromatic N) is 1. The van der Waals surface area contributed by atoms with Gasteiger partial charge in [0, 0.05) is 43.5 Å². The molecule has 37 heavy (non-hydrogen) atoms. The second-order valence-electron chi connectivity index (χ2n) is 9.69. The molecule has 0 saturated heterocycles. The number of nitrogens with two attached hydrogens (primary N) is 1. The van der Waals surface area contributed by atoms with Gasteiger partial charge in [0.15, 0.2) is 0 Å². The number of nitrogens with one attached hydrogen (secondary N) is 2. The van der Waals surface area contributed by atoms with Crippen molar-refractivity contribution in [3.8, 4) is 5.75 Å². The number of phenolic OH excluding ortho intramolecular Hbond substituents is 1. The Hall–Kier alpha value is -2.85. The van der Waals surface area contributed by atoms with Gasteiger partial charge in [-0.2, -0.15) is 0 Å². The number of aromatic hydroxyl groups is 1. The van der Waals surface area contributed by atoms with Gasteiger partial charge in [-0.1, -0.05) is 30.7 Å². The van der Waals surface area contributed by atoms with Crippen molar-refractivity contribution in [1.82, 2.24) is 15.0 Å². The number of phenols is 1. The van der Waals surface area contributed by atoms with Gasteiger partial charge >= 0.3 is 0 Å². The molecular formula is C28H35FN4O3S. The van der Waals surface area contributed by atoms with Crippen molar-refractivity contribution in [1.29, 1.82) is 0 Å². The van der Waals surface area contributed by atoms with Gasteiger partial charge in [0.05, 0.1) is 0 Å². The molecule has 1 aliphatic carbocycles. The van der Waals surface area contributed by atoms with E-state index in [4.69, 9.17) is 5.73 Å². The average molecular weight is 527 g/mol. The number of benzene rings is 2. The lowest BCUT2D eigenvalue weighted by Gasteiger charge is -2.35. The van der Waals surface area contributed by atoms with E-state index in [0.29, 0.717) is 18.7 Å². The van der Waals surface area contributed by atoms with Gasteiger partial charge in [0.1, 0.15) is 16.5 Å². The van der Waals surface area contributed by atoms with Crippen LogP contribution in [0.15, 0.2) is 71.9 Å². The van der Waals surface area contributed by atoms with E-state index in [1.807, 2.05) is 24.4 Å². The third-order valence-corrected chi connectivity index (χ3v) is 8.47. The summed E-state index contributed by atoms with van der Waals surface area (Å²) in [6, 6.07) is 15.2. The van der Waals surface area contributed by atoms with Gasteiger partial charge in [0.2, 0.25) is 10.0 Å². The van der Waals surface area contributed by atoms with Gasteiger partial charge in [-0.05, 0) is 79.1 Å². The van der Waals surface area contributed by atoms with Crippen molar-refractivity contribution in [3.63, 3.8) is 0 Å². The molecule has 0 spiro atoms. The van der Waals surface area contributed by atoms with Crippen LogP contribution in [0.25, 0.3) is 0 Å². The molecule has 0 fully saturated rings. The van der Waals surface area contributed by atoms with Crippen LogP contribution in [0.3, 0.4) is 0 Å². The highest BCUT2D eigenvalue weighted by molar-refractivity contribution is 7.89. The lowest BCUT2D eigenvalue weighted by atomic mass is 9.76. The SMILES string of the molecule is N[C@@H](CCCCNS(=O)(=O)c1ccccc1F)CN[C@@H]1CCc2cc(O)ccc2[C@@H]1Cc1cccnc1. The average Bonchev–Trinajstić information content (AvgIpc) is 2.88. The molecule has 0 bridgehead atoms. The van der Waals surface area contributed by atoms with Crippen molar-refractivity contribution in [3.05, 3.63) is 89.5 Å². The quantitative estimate of drug-likeness (QED) is 0.268. The van der Waals surface area contributed by atoms with Crippen LogP contribution >= 0.6 is 0 Å². The third kappa shape index (κ3) is 7.35. The van der Waals surface area contributed by atoms with Crippen molar-refractivity contribution in [2.45, 2.75) is 61.4 Å². The van der Waals surface area contributed by atoms with Gasteiger partial charge in [0.25, 0.3) is 0 Å². The maximum absolute atomic E-state index is 13.8. The molecule has 1 aromatic heterocycles. The predicted octanol–water partition coefficient (Wildman–Crippen LogP) is 3.63. The summed E-state index contributed by atoms with van der Waals surface area (Å²) in [5.74, 6) is -0.218. The van der Waals surface area contributed by atoms with Gasteiger partial charge in [-0.3, -0.25) is 4.98 Å². The van der Waals surface area contributed by atoms with E-state index in [2.05, 4.69) is 21.1 Å². The fourth-order valence-electron chi connectivity index (χ4n) is 5.05. The zero-order valence-corrected chi connectivity index (χ0v) is 21.6. The highest BCUT2D eigenvalue weighted by Gasteiger charge is 2.30. The summed E-state index contributed by atoms with van der Waals surface area (Å²) in [7, 11) is -3.86. The number of fused-ring (bicyclic) bond motifs is 1. The summed E-state index contributed by atoms with van der Waals surface area (Å²) in [5, 5.41) is 13.6. The monoisotopic (exact) mass is 526 g/mol. The number of hydrogen-bond donors (Lipinski definition) is 4. The fraction of sp³-hybridized carbons (Fsp3) is 0.393. The number of hydrogen-bond acceptors (Lipinski definition) is 6. The van der Waals surface area contributed by atoms with E-state index in [-0.39, 0.29) is 29.4 Å². The molecular weight excluding hydrogens is 491 g/mol. The molecule has 0 saturated carbocycles. The highest BCUT2D eigenvalue weighted by Crippen LogP contribution is 2.36. The van der Waals surface area contributed by atoms with E-state index in [0.717, 1.165) is 38.2 Å². The first kappa shape index (κ1) is 27.2. The van der Waals surface area contributed by atoms with Gasteiger partial charge < -0.3 is 16.2 Å². The normalized spacial score (nSPS) is 18.3. The number of aryl methyl sites for hydroxylation is 1. The van der Waals surface area contributed by atoms with Crippen molar-refractivity contribution in [2.75, 3.05) is 13.1 Å². The lowest BCUT2D eigenvalue weighted by Crippen LogP contribution is -2.44. The molecule has 0 amide bonds. The number of unbranched alkanes of at least 4 members (excludes halogenated alkanes) is 1. The van der Waals surface area contributed by atoms with E-state index >= 15 is 0 Å². The minimum absolute atomic E-state index is 0.0663. The second-order valence-corrected chi connectivity index (χ2v) is 11.4. The molecule has 2 aromatic carbocycles. The minimum atomic E-state index is -3.86. The summed E-state index contributed by atoms with van der Waals surface area (Å²) in [5.41, 5.74) is 10.00. The summed E-state index contributed by atoms with van der Waals surface area (Å²) < 4.78 is 40.8. The van der Waals surface area contributed by atoms with E-state index < -0.39 is 15.8 Å². The third-order valence-electron chi connectivity index (χ3n) is 6.98. The standard InChI is InChI=1S/C28H35FN4O3S/c29-26-8-1-2-9-28(26)37(35,36)33-15-4-3-7-22(30)19-32-27-13-10-21-17-23(34)11-12-24(21)25(27)16-20-6-5-14-31-18-20/h1-2,5-6,8-9,11-12,14,17-18,22,25,27,32-34H,3-4,7,10,13,15-16,19,30H2/t22-,25-,27+/m0/s1. The lowest BCUT2D eigenvalue weighted by molar-refractivity contribution is 0.366. The van der Waals surface area contributed by atoms with Crippen LogP contribution in [0.4, 0.5) is 4.39 Å². The fourth-order valence-corrected chi connectivity index (χ4v) is 6.20. The maximum Gasteiger partial charge on any atom is 0.243 e. The highest BCUT2D eigenvalue weighted by atomic mass is 32.2. The number of rotatable bonds is 12. The van der Waals surface area contributed by atoms with Crippen LogP contribution in [-0.4, -0.2) is 43.7 Å². The van der Waals surface area contributed by atoms with Crippen LogP contribution in [-0.2, 0) is 22.9 Å². The zero-order chi connectivity index (χ0) is 26.3. The molecule has 0 radical (unpaired) electrons. The largest absolute Gasteiger partial charge is 0.508 e. The van der Waals surface area contributed by atoms with E-state index in [1.54, 1.807) is 12.3 Å². The Labute approximate surface area is 218 Å². The molecule has 0 aliphatic heterocycles. The van der Waals surface area contributed by atoms with Crippen molar-refractivity contribution < 1.29 is 17.9 Å². The summed E-state index contributed by atoms with van der Waals surface area (Å²) >= 11 is 0. The Bertz CT molecular complexity index is 1270. The molecule has 5 N–H and O–H groups in total. The zero-order valence-electron chi connectivity index (χ0n) is 20.8. The Morgan fingerprint density at radius 2 is 1.97 bits per heavy atom. The smallest absolute Gasteiger partial charge is 0.243 e. The molecule has 0 unspecified atom stereocenters. The van der Waals surface area contributed by atoms with E-state index in [9.17, 15) is 17.9 Å². The predicted molar refractivity (Wildman–Crippen MR) is 142 cm³/mol. The van der Waals surface area contributed by atoms with Crippen LogP contribution < -0.4 is 15.8 Å². The number of halogens is 1. The maximum atomic E-state index is 13.8. The van der Waals surface area contributed by atoms with Crippen LogP contribution in [0.5, 0.6) is 5.75 Å². The van der Waals surface area contributed by atoms with E-state index in [1.165, 1.54) is 34.9 Å². The Kier molecular flexibility index (Phi) is 9.26. The number of pyridine rings is 1. The Balaban J connectivity index is 1.26. The molecule has 1 aliphatic rings. The molecule has 4 rings (SSSR count). The van der Waals surface area contributed by atoms with Gasteiger partial charge in [-0.25, -0.2) is 17.5 Å². The minimum Gasteiger partial charge on any atom is -0.508 e. The summed E-state index contributed by atoms with van der Waals surface area (Å²) in [6.07, 6.45) is 8.49. The Morgan fingerprint density at radius 1 is 1.14 bits per heavy atom. The van der Waals surface area contributed by atoms with Crippen LogP contribution in [0, 0.1) is 5.82 Å². The molecule has 7 nitrogen and oxygen atoms in total. The van der Waals surface area contributed by atoms with Crippen molar-refractivity contribution >= 4 is 10.0 Å². The summed E-state index contributed by atoms with van der Waals surface area (Å²) in [6.45, 7) is 0.888. The number of aromatic nitrogens is 1. The van der Waals surface area contributed by atoms with Gasteiger partial charge in [-0.15, -0.1) is 0 Å². The molecule has 3 aromatic rings. The first-order valence-electron chi connectivity index (χ1n) is 12.8. The summed E-state index contributed by atoms with van der Waals surface area (Å²) in [4.78, 5) is 3.93. The Morgan fingerprint density at radius 3 is 2.76 bits per heavy atom. The number of sulfonamides is 1. The first-order valence-corrected chi connectivity index (χ1v) is 14.3. The first-order chi connectivity index (χ1) is 17.8. The topological polar surface area (TPSA) is 117 Å².